The highest BCUT2D eigenvalue weighted by Crippen LogP contribution is 2.35. The van der Waals surface area contributed by atoms with Gasteiger partial charge < -0.3 is 4.74 Å². The molecule has 0 aliphatic heterocycles. The molecule has 0 heterocycles. The lowest BCUT2D eigenvalue weighted by Crippen LogP contribution is -2.19. The number of alkyl halides is 6. The largest absolute Gasteiger partial charge is 0.573 e. The zero-order valence-electron chi connectivity index (χ0n) is 21.3. The van der Waals surface area contributed by atoms with Crippen LogP contribution in [0.1, 0.15) is 11.1 Å². The van der Waals surface area contributed by atoms with E-state index in [4.69, 9.17) is 0 Å². The van der Waals surface area contributed by atoms with Crippen molar-refractivity contribution in [2.24, 2.45) is 0 Å². The Morgan fingerprint density at radius 2 is 1.26 bits per heavy atom. The Balaban J connectivity index is 1.75. The van der Waals surface area contributed by atoms with E-state index in [-0.39, 0.29) is 11.4 Å². The monoisotopic (exact) mass is 630 g/mol. The SMILES string of the molecule is Cc1ccccc1-c1ccc(NS(=O)(=O)c2cccc(C(F)(F)F)c2)c(NS(=O)(=O)c2ccc(OC(F)(F)F)cc2)c1. The molecule has 2 N–H and O–H groups in total. The van der Waals surface area contributed by atoms with Crippen molar-refractivity contribution in [3.8, 4) is 16.9 Å². The van der Waals surface area contributed by atoms with Crippen molar-refractivity contribution in [2.75, 3.05) is 9.44 Å². The van der Waals surface area contributed by atoms with Crippen molar-refractivity contribution in [1.82, 2.24) is 0 Å². The molecule has 0 saturated carbocycles. The summed E-state index contributed by atoms with van der Waals surface area (Å²) in [5.41, 5.74) is 0.0795. The van der Waals surface area contributed by atoms with Crippen LogP contribution in [0.5, 0.6) is 5.75 Å². The standard InChI is InChI=1S/C27H20F6N2O5S2/c1-17-5-2-3-8-23(17)18-9-14-24(34-42(38,39)22-7-4-6-19(16-22)26(28,29)30)25(15-18)35-41(36,37)21-12-10-20(11-13-21)40-27(31,32)33/h2-16,34-35H,1H3. The van der Waals surface area contributed by atoms with Gasteiger partial charge in [0.25, 0.3) is 20.0 Å². The van der Waals surface area contributed by atoms with E-state index in [2.05, 4.69) is 14.2 Å². The molecule has 0 spiro atoms. The molecular weight excluding hydrogens is 610 g/mol. The van der Waals surface area contributed by atoms with E-state index in [1.807, 2.05) is 0 Å². The van der Waals surface area contributed by atoms with Crippen molar-refractivity contribution in [3.63, 3.8) is 0 Å². The van der Waals surface area contributed by atoms with Crippen LogP contribution in [-0.2, 0) is 26.2 Å². The Labute approximate surface area is 236 Å². The van der Waals surface area contributed by atoms with E-state index < -0.39 is 53.7 Å². The van der Waals surface area contributed by atoms with E-state index in [1.54, 1.807) is 31.2 Å². The lowest BCUT2D eigenvalue weighted by atomic mass is 10.00. The molecule has 4 aromatic carbocycles. The molecule has 0 aliphatic rings. The van der Waals surface area contributed by atoms with Gasteiger partial charge in [0.2, 0.25) is 0 Å². The minimum atomic E-state index is -5.00. The molecule has 0 fully saturated rings. The predicted molar refractivity (Wildman–Crippen MR) is 143 cm³/mol. The second-order valence-corrected chi connectivity index (χ2v) is 12.2. The van der Waals surface area contributed by atoms with Crippen molar-refractivity contribution in [3.05, 3.63) is 102 Å². The number of benzene rings is 4. The molecule has 42 heavy (non-hydrogen) atoms. The smallest absolute Gasteiger partial charge is 0.406 e. The van der Waals surface area contributed by atoms with Crippen molar-refractivity contribution >= 4 is 31.4 Å². The third-order valence-corrected chi connectivity index (χ3v) is 8.55. The van der Waals surface area contributed by atoms with Gasteiger partial charge in [0.1, 0.15) is 5.75 Å². The van der Waals surface area contributed by atoms with Gasteiger partial charge in [-0.05, 0) is 78.2 Å². The van der Waals surface area contributed by atoms with E-state index >= 15 is 0 Å². The molecule has 4 aromatic rings. The van der Waals surface area contributed by atoms with Crippen LogP contribution in [0.15, 0.2) is 101 Å². The molecule has 4 rings (SSSR count). The first-order chi connectivity index (χ1) is 19.4. The highest BCUT2D eigenvalue weighted by atomic mass is 32.2. The maximum Gasteiger partial charge on any atom is 0.573 e. The first-order valence-electron chi connectivity index (χ1n) is 11.7. The average molecular weight is 631 g/mol. The number of hydrogen-bond acceptors (Lipinski definition) is 5. The molecule has 0 aromatic heterocycles. The second kappa shape index (κ2) is 11.2. The molecule has 0 unspecified atom stereocenters. The normalized spacial score (nSPS) is 12.5. The number of hydrogen-bond donors (Lipinski definition) is 2. The van der Waals surface area contributed by atoms with Gasteiger partial charge >= 0.3 is 12.5 Å². The number of nitrogens with one attached hydrogen (secondary N) is 2. The first kappa shape index (κ1) is 30.7. The van der Waals surface area contributed by atoms with Crippen molar-refractivity contribution < 1.29 is 47.9 Å². The van der Waals surface area contributed by atoms with Gasteiger partial charge in [-0.3, -0.25) is 9.44 Å². The topological polar surface area (TPSA) is 102 Å². The fourth-order valence-corrected chi connectivity index (χ4v) is 6.05. The molecule has 0 atom stereocenters. The van der Waals surface area contributed by atoms with Crippen LogP contribution in [-0.4, -0.2) is 23.2 Å². The minimum Gasteiger partial charge on any atom is -0.406 e. The summed E-state index contributed by atoms with van der Waals surface area (Å²) in [7, 11) is -9.18. The Morgan fingerprint density at radius 1 is 0.643 bits per heavy atom. The van der Waals surface area contributed by atoms with Gasteiger partial charge in [0.05, 0.1) is 26.7 Å². The summed E-state index contributed by atoms with van der Waals surface area (Å²) in [5.74, 6) is -0.669. The zero-order chi connectivity index (χ0) is 30.9. The molecular formula is C27H20F6N2O5S2. The fraction of sp³-hybridized carbons (Fsp3) is 0.111. The third kappa shape index (κ3) is 7.33. The van der Waals surface area contributed by atoms with Crippen LogP contribution in [0.25, 0.3) is 11.1 Å². The molecule has 0 amide bonds. The summed E-state index contributed by atoms with van der Waals surface area (Å²) >= 11 is 0. The highest BCUT2D eigenvalue weighted by Gasteiger charge is 2.32. The number of rotatable bonds is 8. The second-order valence-electron chi connectivity index (χ2n) is 8.83. The Hall–Kier alpha value is -4.24. The molecule has 0 radical (unpaired) electrons. The van der Waals surface area contributed by atoms with E-state index in [1.165, 1.54) is 18.2 Å². The van der Waals surface area contributed by atoms with Crippen LogP contribution < -0.4 is 14.2 Å². The Bertz CT molecular complexity index is 1820. The third-order valence-electron chi connectivity index (χ3n) is 5.80. The lowest BCUT2D eigenvalue weighted by Gasteiger charge is -2.17. The minimum absolute atomic E-state index is 0.304. The van der Waals surface area contributed by atoms with E-state index in [0.717, 1.165) is 42.0 Å². The Kier molecular flexibility index (Phi) is 8.20. The van der Waals surface area contributed by atoms with Gasteiger partial charge in [-0.25, -0.2) is 16.8 Å². The highest BCUT2D eigenvalue weighted by molar-refractivity contribution is 7.93. The van der Waals surface area contributed by atoms with Crippen molar-refractivity contribution in [1.29, 1.82) is 0 Å². The molecule has 15 heteroatoms. The van der Waals surface area contributed by atoms with Crippen LogP contribution in [0, 0.1) is 6.92 Å². The summed E-state index contributed by atoms with van der Waals surface area (Å²) in [4.78, 5) is -1.21. The predicted octanol–water partition coefficient (Wildman–Crippen LogP) is 7.18. The summed E-state index contributed by atoms with van der Waals surface area (Å²) < 4.78 is 138. The Morgan fingerprint density at radius 3 is 1.88 bits per heavy atom. The molecule has 7 nitrogen and oxygen atoms in total. The maximum atomic E-state index is 13.2. The number of aryl methyl sites for hydroxylation is 1. The zero-order valence-corrected chi connectivity index (χ0v) is 22.9. The summed E-state index contributed by atoms with van der Waals surface area (Å²) in [5, 5.41) is 0. The molecule has 0 aliphatic carbocycles. The quantitative estimate of drug-likeness (QED) is 0.201. The van der Waals surface area contributed by atoms with Crippen molar-refractivity contribution in [2.45, 2.75) is 29.3 Å². The fourth-order valence-electron chi connectivity index (χ4n) is 3.85. The van der Waals surface area contributed by atoms with Gasteiger partial charge in [-0.1, -0.05) is 36.4 Å². The van der Waals surface area contributed by atoms with Crippen LogP contribution >= 0.6 is 0 Å². The number of sulfonamides is 2. The van der Waals surface area contributed by atoms with Crippen LogP contribution in [0.3, 0.4) is 0 Å². The number of ether oxygens (including phenoxy) is 1. The van der Waals surface area contributed by atoms with Gasteiger partial charge in [0.15, 0.2) is 0 Å². The summed E-state index contributed by atoms with van der Waals surface area (Å²) in [6.07, 6.45) is -9.82. The van der Waals surface area contributed by atoms with Gasteiger partial charge in [0, 0.05) is 0 Å². The first-order valence-corrected chi connectivity index (χ1v) is 14.7. The average Bonchev–Trinajstić information content (AvgIpc) is 2.89. The number of halogens is 6. The van der Waals surface area contributed by atoms with E-state index in [0.29, 0.717) is 23.3 Å². The van der Waals surface area contributed by atoms with Gasteiger partial charge in [-0.2, -0.15) is 13.2 Å². The molecule has 222 valence electrons. The number of anilines is 2. The summed E-state index contributed by atoms with van der Waals surface area (Å²) in [6, 6.07) is 17.3. The maximum absolute atomic E-state index is 13.2. The van der Waals surface area contributed by atoms with Gasteiger partial charge in [-0.15, -0.1) is 13.2 Å². The molecule has 0 bridgehead atoms. The molecule has 0 saturated heterocycles. The lowest BCUT2D eigenvalue weighted by molar-refractivity contribution is -0.274. The van der Waals surface area contributed by atoms with E-state index in [9.17, 15) is 43.2 Å². The summed E-state index contributed by atoms with van der Waals surface area (Å²) in [6.45, 7) is 1.79. The van der Waals surface area contributed by atoms with Crippen LogP contribution in [0.4, 0.5) is 37.7 Å². The van der Waals surface area contributed by atoms with Crippen LogP contribution in [0.2, 0.25) is 0 Å².